The Balaban J connectivity index is 2.01. The number of nitrogens with zero attached hydrogens (tertiary/aromatic N) is 1. The molecule has 2 rings (SSSR count). The number of hydrogen-bond donors (Lipinski definition) is 0. The zero-order valence-electron chi connectivity index (χ0n) is 12.6. The molecule has 0 fully saturated rings. The van der Waals surface area contributed by atoms with Gasteiger partial charge in [-0.05, 0) is 38.1 Å². The first-order chi connectivity index (χ1) is 10.5. The summed E-state index contributed by atoms with van der Waals surface area (Å²) in [6.45, 7) is 3.73. The predicted octanol–water partition coefficient (Wildman–Crippen LogP) is 3.82. The molecule has 116 valence electrons. The summed E-state index contributed by atoms with van der Waals surface area (Å²) in [6.07, 6.45) is 3.02. The van der Waals surface area contributed by atoms with E-state index in [-0.39, 0.29) is 6.61 Å². The van der Waals surface area contributed by atoms with Crippen LogP contribution >= 0.6 is 15.9 Å². The van der Waals surface area contributed by atoms with E-state index in [0.29, 0.717) is 11.5 Å². The van der Waals surface area contributed by atoms with E-state index < -0.39 is 5.97 Å². The van der Waals surface area contributed by atoms with Crippen molar-refractivity contribution in [1.82, 2.24) is 5.16 Å². The van der Waals surface area contributed by atoms with Crippen LogP contribution in [-0.2, 0) is 16.1 Å². The van der Waals surface area contributed by atoms with Crippen LogP contribution in [0.3, 0.4) is 0 Å². The second-order valence-electron chi connectivity index (χ2n) is 4.63. The van der Waals surface area contributed by atoms with E-state index >= 15 is 0 Å². The molecule has 2 aromatic rings. The fourth-order valence-electron chi connectivity index (χ4n) is 1.89. The first-order valence-corrected chi connectivity index (χ1v) is 7.40. The van der Waals surface area contributed by atoms with Crippen molar-refractivity contribution in [2.75, 3.05) is 7.11 Å². The van der Waals surface area contributed by atoms with Gasteiger partial charge in [0.05, 0.1) is 18.4 Å². The van der Waals surface area contributed by atoms with Crippen LogP contribution in [0.2, 0.25) is 0 Å². The van der Waals surface area contributed by atoms with E-state index in [4.69, 9.17) is 14.0 Å². The quantitative estimate of drug-likeness (QED) is 0.595. The first-order valence-electron chi connectivity index (χ1n) is 6.61. The molecule has 0 saturated carbocycles. The van der Waals surface area contributed by atoms with Gasteiger partial charge < -0.3 is 14.0 Å². The van der Waals surface area contributed by atoms with E-state index in [9.17, 15) is 4.79 Å². The van der Waals surface area contributed by atoms with Gasteiger partial charge in [0.1, 0.15) is 18.1 Å². The van der Waals surface area contributed by atoms with Crippen molar-refractivity contribution in [3.63, 3.8) is 0 Å². The Hall–Kier alpha value is -2.08. The molecule has 0 unspecified atom stereocenters. The molecule has 1 aromatic carbocycles. The molecule has 6 heteroatoms. The highest BCUT2D eigenvalue weighted by molar-refractivity contribution is 9.10. The third-order valence-electron chi connectivity index (χ3n) is 3.13. The van der Waals surface area contributed by atoms with Gasteiger partial charge in [0.15, 0.2) is 0 Å². The molecule has 0 atom stereocenters. The Kier molecular flexibility index (Phi) is 5.38. The largest absolute Gasteiger partial charge is 0.496 e. The molecule has 5 nitrogen and oxygen atoms in total. The highest BCUT2D eigenvalue weighted by Gasteiger charge is 2.10. The van der Waals surface area contributed by atoms with Crippen molar-refractivity contribution in [2.45, 2.75) is 20.5 Å². The SMILES string of the molecule is COc1ccc(Br)cc1/C=C/C(=O)OCc1c(C)noc1C. The molecule has 0 aliphatic heterocycles. The highest BCUT2D eigenvalue weighted by atomic mass is 79.9. The van der Waals surface area contributed by atoms with Gasteiger partial charge in [0.25, 0.3) is 0 Å². The van der Waals surface area contributed by atoms with Crippen molar-refractivity contribution in [1.29, 1.82) is 0 Å². The second kappa shape index (κ2) is 7.26. The van der Waals surface area contributed by atoms with E-state index in [0.717, 1.165) is 21.3 Å². The van der Waals surface area contributed by atoms with Crippen molar-refractivity contribution in [2.24, 2.45) is 0 Å². The van der Waals surface area contributed by atoms with Crippen molar-refractivity contribution >= 4 is 28.0 Å². The van der Waals surface area contributed by atoms with Crippen LogP contribution in [0, 0.1) is 13.8 Å². The zero-order valence-corrected chi connectivity index (χ0v) is 14.1. The van der Waals surface area contributed by atoms with E-state index in [1.807, 2.05) is 25.1 Å². The molecular formula is C16H16BrNO4. The Morgan fingerprint density at radius 3 is 2.82 bits per heavy atom. The summed E-state index contributed by atoms with van der Waals surface area (Å²) in [6, 6.07) is 5.54. The van der Waals surface area contributed by atoms with Crippen LogP contribution in [0.5, 0.6) is 5.75 Å². The van der Waals surface area contributed by atoms with E-state index in [1.54, 1.807) is 20.1 Å². The number of halogens is 1. The number of hydrogen-bond acceptors (Lipinski definition) is 5. The number of methoxy groups -OCH3 is 1. The summed E-state index contributed by atoms with van der Waals surface area (Å²) in [7, 11) is 1.58. The van der Waals surface area contributed by atoms with Crippen LogP contribution in [-0.4, -0.2) is 18.2 Å². The molecular weight excluding hydrogens is 350 g/mol. The topological polar surface area (TPSA) is 61.6 Å². The molecule has 0 saturated heterocycles. The van der Waals surface area contributed by atoms with Gasteiger partial charge in [0.2, 0.25) is 0 Å². The van der Waals surface area contributed by atoms with Gasteiger partial charge in [0, 0.05) is 16.1 Å². The molecule has 0 N–H and O–H groups in total. The fraction of sp³-hybridized carbons (Fsp3) is 0.250. The van der Waals surface area contributed by atoms with Crippen molar-refractivity contribution in [3.8, 4) is 5.75 Å². The Labute approximate surface area is 137 Å². The third-order valence-corrected chi connectivity index (χ3v) is 3.62. The lowest BCUT2D eigenvalue weighted by atomic mass is 10.2. The molecule has 1 aromatic heterocycles. The lowest BCUT2D eigenvalue weighted by molar-refractivity contribution is -0.138. The maximum Gasteiger partial charge on any atom is 0.331 e. The van der Waals surface area contributed by atoms with E-state index in [2.05, 4.69) is 21.1 Å². The number of carbonyl (C=O) groups excluding carboxylic acids is 1. The number of carbonyl (C=O) groups is 1. The molecule has 1 heterocycles. The summed E-state index contributed by atoms with van der Waals surface area (Å²) < 4.78 is 16.4. The highest BCUT2D eigenvalue weighted by Crippen LogP contribution is 2.24. The van der Waals surface area contributed by atoms with Gasteiger partial charge in [-0.2, -0.15) is 0 Å². The maximum absolute atomic E-state index is 11.8. The van der Waals surface area contributed by atoms with Gasteiger partial charge >= 0.3 is 5.97 Å². The van der Waals surface area contributed by atoms with E-state index in [1.165, 1.54) is 6.08 Å². The van der Waals surface area contributed by atoms with Crippen molar-refractivity contribution < 1.29 is 18.8 Å². The molecule has 0 bridgehead atoms. The number of ether oxygens (including phenoxy) is 2. The molecule has 0 aliphatic carbocycles. The fourth-order valence-corrected chi connectivity index (χ4v) is 2.27. The van der Waals surface area contributed by atoms with Crippen LogP contribution in [0.15, 0.2) is 33.3 Å². The number of esters is 1. The number of aromatic nitrogens is 1. The van der Waals surface area contributed by atoms with Gasteiger partial charge in [-0.25, -0.2) is 4.79 Å². The second-order valence-corrected chi connectivity index (χ2v) is 5.55. The zero-order chi connectivity index (χ0) is 16.1. The van der Waals surface area contributed by atoms with Gasteiger partial charge in [-0.15, -0.1) is 0 Å². The minimum atomic E-state index is -0.443. The smallest absolute Gasteiger partial charge is 0.331 e. The van der Waals surface area contributed by atoms with Crippen LogP contribution in [0.25, 0.3) is 6.08 Å². The minimum absolute atomic E-state index is 0.139. The van der Waals surface area contributed by atoms with Crippen LogP contribution in [0.4, 0.5) is 0 Å². The lowest BCUT2D eigenvalue weighted by Gasteiger charge is -2.05. The Morgan fingerprint density at radius 1 is 1.41 bits per heavy atom. The Morgan fingerprint density at radius 2 is 2.18 bits per heavy atom. The summed E-state index contributed by atoms with van der Waals surface area (Å²) in [5, 5.41) is 3.81. The normalized spacial score (nSPS) is 10.9. The minimum Gasteiger partial charge on any atom is -0.496 e. The number of rotatable bonds is 5. The predicted molar refractivity (Wildman–Crippen MR) is 85.5 cm³/mol. The number of benzene rings is 1. The Bertz CT molecular complexity index is 687. The molecule has 0 spiro atoms. The van der Waals surface area contributed by atoms with Gasteiger partial charge in [-0.3, -0.25) is 0 Å². The monoisotopic (exact) mass is 365 g/mol. The first kappa shape index (κ1) is 16.3. The summed E-state index contributed by atoms with van der Waals surface area (Å²) in [4.78, 5) is 11.8. The third kappa shape index (κ3) is 3.98. The molecule has 22 heavy (non-hydrogen) atoms. The lowest BCUT2D eigenvalue weighted by Crippen LogP contribution is -2.02. The summed E-state index contributed by atoms with van der Waals surface area (Å²) >= 11 is 3.38. The average Bonchev–Trinajstić information content (AvgIpc) is 2.82. The van der Waals surface area contributed by atoms with Crippen LogP contribution < -0.4 is 4.74 Å². The maximum atomic E-state index is 11.8. The van der Waals surface area contributed by atoms with Crippen LogP contribution in [0.1, 0.15) is 22.6 Å². The molecule has 0 radical (unpaired) electrons. The number of aryl methyl sites for hydroxylation is 2. The standard InChI is InChI=1S/C16H16BrNO4/c1-10-14(11(2)22-18-10)9-21-16(19)7-4-12-8-13(17)5-6-15(12)20-3/h4-8H,9H2,1-3H3/b7-4+. The summed E-state index contributed by atoms with van der Waals surface area (Å²) in [5.74, 6) is 0.892. The summed E-state index contributed by atoms with van der Waals surface area (Å²) in [5.41, 5.74) is 2.30. The average molecular weight is 366 g/mol. The molecule has 0 amide bonds. The molecule has 0 aliphatic rings. The van der Waals surface area contributed by atoms with Gasteiger partial charge in [-0.1, -0.05) is 21.1 Å². The van der Waals surface area contributed by atoms with Crippen molar-refractivity contribution in [3.05, 3.63) is 51.3 Å².